The van der Waals surface area contributed by atoms with Crippen LogP contribution in [0.4, 0.5) is 4.79 Å². The summed E-state index contributed by atoms with van der Waals surface area (Å²) in [5, 5.41) is 17.0. The lowest BCUT2D eigenvalue weighted by Gasteiger charge is -2.38. The summed E-state index contributed by atoms with van der Waals surface area (Å²) in [5.74, 6) is -0.420. The Kier molecular flexibility index (Phi) is 12.4. The van der Waals surface area contributed by atoms with Gasteiger partial charge in [-0.15, -0.1) is 0 Å². The topological polar surface area (TPSA) is 96.9 Å². The molecule has 2 rings (SSSR count). The quantitative estimate of drug-likeness (QED) is 0.194. The van der Waals surface area contributed by atoms with Gasteiger partial charge in [0, 0.05) is 6.42 Å². The lowest BCUT2D eigenvalue weighted by atomic mass is 9.97. The Labute approximate surface area is 247 Å². The summed E-state index contributed by atoms with van der Waals surface area (Å²) in [7, 11) is -2.18. The number of hydrogen-bond donors (Lipinski definition) is 3. The predicted octanol–water partition coefficient (Wildman–Crippen LogP) is 6.18. The van der Waals surface area contributed by atoms with E-state index < -0.39 is 44.1 Å². The molecule has 41 heavy (non-hydrogen) atoms. The lowest BCUT2D eigenvalue weighted by Crippen LogP contribution is -2.56. The highest BCUT2D eigenvalue weighted by molar-refractivity contribution is 6.74. The molecule has 3 N–H and O–H groups in total. The second kappa shape index (κ2) is 14.8. The van der Waals surface area contributed by atoms with Gasteiger partial charge in [-0.3, -0.25) is 4.79 Å². The van der Waals surface area contributed by atoms with E-state index in [9.17, 15) is 14.7 Å². The van der Waals surface area contributed by atoms with Crippen LogP contribution in [-0.2, 0) is 26.8 Å². The van der Waals surface area contributed by atoms with Crippen molar-refractivity contribution in [3.8, 4) is 0 Å². The SMILES string of the molecule is C=C(Cc1ccccc1)C[C@@H](O)[C@H](CO[Si](C)(C)C(C)(C)C)NC(=O)[C@H](Cc1ccccc1)NC(=O)OC(C)(C)C. The van der Waals surface area contributed by atoms with Crippen LogP contribution in [0.15, 0.2) is 72.8 Å². The van der Waals surface area contributed by atoms with Gasteiger partial charge in [0.05, 0.1) is 18.8 Å². The number of amides is 2. The monoisotopic (exact) mass is 582 g/mol. The Morgan fingerprint density at radius 1 is 0.902 bits per heavy atom. The Hall–Kier alpha value is -2.94. The van der Waals surface area contributed by atoms with Crippen molar-refractivity contribution in [3.63, 3.8) is 0 Å². The van der Waals surface area contributed by atoms with E-state index in [0.717, 1.165) is 16.7 Å². The fourth-order valence-corrected chi connectivity index (χ4v) is 4.98. The maximum Gasteiger partial charge on any atom is 0.408 e. The third-order valence-electron chi connectivity index (χ3n) is 7.31. The lowest BCUT2D eigenvalue weighted by molar-refractivity contribution is -0.125. The fraction of sp³-hybridized carbons (Fsp3) is 0.515. The van der Waals surface area contributed by atoms with Crippen LogP contribution < -0.4 is 10.6 Å². The molecule has 0 spiro atoms. The molecule has 0 aliphatic carbocycles. The standard InChI is InChI=1S/C33H50N2O5Si/c1-24(20-25-16-12-10-13-17-25)21-29(36)28(23-39-41(8,9)33(5,6)7)34-30(37)27(22-26-18-14-11-15-19-26)35-31(38)40-32(2,3)4/h10-19,27-29,36H,1,20-23H2,2-9H3,(H,34,37)(H,35,38)/t27-,28-,29+/m0/s1. The van der Waals surface area contributed by atoms with Crippen LogP contribution in [-0.4, -0.2) is 55.8 Å². The van der Waals surface area contributed by atoms with Crippen LogP contribution >= 0.6 is 0 Å². The van der Waals surface area contributed by atoms with Crippen molar-refractivity contribution < 1.29 is 23.9 Å². The van der Waals surface area contributed by atoms with Gasteiger partial charge in [-0.25, -0.2) is 4.79 Å². The van der Waals surface area contributed by atoms with E-state index in [-0.39, 0.29) is 18.1 Å². The van der Waals surface area contributed by atoms with Crippen molar-refractivity contribution >= 4 is 20.3 Å². The van der Waals surface area contributed by atoms with Crippen molar-refractivity contribution in [1.29, 1.82) is 0 Å². The highest BCUT2D eigenvalue weighted by Gasteiger charge is 2.39. The van der Waals surface area contributed by atoms with Crippen LogP contribution in [0.3, 0.4) is 0 Å². The molecular formula is C33H50N2O5Si. The molecule has 3 atom stereocenters. The van der Waals surface area contributed by atoms with Gasteiger partial charge in [-0.1, -0.05) is 93.6 Å². The molecule has 0 aliphatic heterocycles. The largest absolute Gasteiger partial charge is 0.444 e. The van der Waals surface area contributed by atoms with E-state index >= 15 is 0 Å². The first-order valence-corrected chi connectivity index (χ1v) is 17.2. The first kappa shape index (κ1) is 34.3. The van der Waals surface area contributed by atoms with Crippen molar-refractivity contribution in [2.24, 2.45) is 0 Å². The van der Waals surface area contributed by atoms with E-state index in [1.807, 2.05) is 60.7 Å². The van der Waals surface area contributed by atoms with Crippen molar-refractivity contribution in [2.75, 3.05) is 6.61 Å². The number of hydrogen-bond acceptors (Lipinski definition) is 5. The molecule has 0 aliphatic rings. The molecule has 0 saturated heterocycles. The van der Waals surface area contributed by atoms with Crippen molar-refractivity contribution in [2.45, 2.75) is 103 Å². The summed E-state index contributed by atoms with van der Waals surface area (Å²) in [6.07, 6.45) is -0.432. The molecule has 0 unspecified atom stereocenters. The smallest absolute Gasteiger partial charge is 0.408 e. The number of benzene rings is 2. The molecule has 0 radical (unpaired) electrons. The number of aliphatic hydroxyl groups is 1. The number of ether oxygens (including phenoxy) is 1. The van der Waals surface area contributed by atoms with Gasteiger partial charge < -0.3 is 24.9 Å². The predicted molar refractivity (Wildman–Crippen MR) is 168 cm³/mol. The minimum Gasteiger partial charge on any atom is -0.444 e. The van der Waals surface area contributed by atoms with Gasteiger partial charge in [0.2, 0.25) is 5.91 Å². The Balaban J connectivity index is 2.25. The second-order valence-electron chi connectivity index (χ2n) is 13.3. The van der Waals surface area contributed by atoms with Crippen LogP contribution in [0, 0.1) is 0 Å². The molecule has 0 aromatic heterocycles. The zero-order valence-corrected chi connectivity index (χ0v) is 27.1. The van der Waals surface area contributed by atoms with Crippen molar-refractivity contribution in [1.82, 2.24) is 10.6 Å². The third-order valence-corrected chi connectivity index (χ3v) is 11.8. The summed E-state index contributed by atoms with van der Waals surface area (Å²) >= 11 is 0. The summed E-state index contributed by atoms with van der Waals surface area (Å²) < 4.78 is 11.9. The van der Waals surface area contributed by atoms with E-state index in [0.29, 0.717) is 12.8 Å². The summed E-state index contributed by atoms with van der Waals surface area (Å²) in [4.78, 5) is 26.4. The Morgan fingerprint density at radius 2 is 1.44 bits per heavy atom. The maximum atomic E-state index is 13.7. The Bertz CT molecular complexity index is 1120. The van der Waals surface area contributed by atoms with E-state index in [4.69, 9.17) is 9.16 Å². The molecule has 2 amide bonds. The molecule has 7 nitrogen and oxygen atoms in total. The maximum absolute atomic E-state index is 13.7. The molecule has 0 heterocycles. The molecule has 0 fully saturated rings. The minimum atomic E-state index is -2.18. The number of nitrogens with one attached hydrogen (secondary N) is 2. The van der Waals surface area contributed by atoms with Crippen LogP contribution in [0.2, 0.25) is 18.1 Å². The summed E-state index contributed by atoms with van der Waals surface area (Å²) in [6, 6.07) is 17.8. The minimum absolute atomic E-state index is 0.0441. The first-order chi connectivity index (χ1) is 19.0. The van der Waals surface area contributed by atoms with Gasteiger partial charge in [0.15, 0.2) is 8.32 Å². The van der Waals surface area contributed by atoms with Gasteiger partial charge >= 0.3 is 6.09 Å². The second-order valence-corrected chi connectivity index (χ2v) is 18.1. The number of carbonyl (C=O) groups is 2. The first-order valence-electron chi connectivity index (χ1n) is 14.3. The molecular weight excluding hydrogens is 532 g/mol. The van der Waals surface area contributed by atoms with E-state index in [1.165, 1.54) is 0 Å². The van der Waals surface area contributed by atoms with Crippen molar-refractivity contribution in [3.05, 3.63) is 83.9 Å². The average Bonchev–Trinajstić information content (AvgIpc) is 2.85. The highest BCUT2D eigenvalue weighted by atomic mass is 28.4. The van der Waals surface area contributed by atoms with E-state index in [1.54, 1.807) is 20.8 Å². The van der Waals surface area contributed by atoms with Gasteiger partial charge in [0.25, 0.3) is 0 Å². The normalized spacial score (nSPS) is 14.5. The molecule has 2 aromatic rings. The fourth-order valence-electron chi connectivity index (χ4n) is 3.95. The molecule has 8 heteroatoms. The zero-order valence-electron chi connectivity index (χ0n) is 26.1. The number of carbonyl (C=O) groups excluding carboxylic acids is 2. The number of rotatable bonds is 13. The third kappa shape index (κ3) is 12.2. The van der Waals surface area contributed by atoms with Crippen LogP contribution in [0.1, 0.15) is 59.1 Å². The van der Waals surface area contributed by atoms with Gasteiger partial charge in [0.1, 0.15) is 11.6 Å². The highest BCUT2D eigenvalue weighted by Crippen LogP contribution is 2.36. The zero-order chi connectivity index (χ0) is 30.8. The van der Waals surface area contributed by atoms with Gasteiger partial charge in [-0.05, 0) is 62.9 Å². The Morgan fingerprint density at radius 3 is 1.95 bits per heavy atom. The van der Waals surface area contributed by atoms with Gasteiger partial charge in [-0.2, -0.15) is 0 Å². The molecule has 226 valence electrons. The molecule has 0 bridgehead atoms. The molecule has 2 aromatic carbocycles. The van der Waals surface area contributed by atoms with E-state index in [2.05, 4.69) is 51.1 Å². The van der Waals surface area contributed by atoms with Crippen LogP contribution in [0.5, 0.6) is 0 Å². The van der Waals surface area contributed by atoms with Crippen LogP contribution in [0.25, 0.3) is 0 Å². The number of aliphatic hydroxyl groups excluding tert-OH is 1. The number of alkyl carbamates (subject to hydrolysis) is 1. The summed E-state index contributed by atoms with van der Waals surface area (Å²) in [6.45, 7) is 20.3. The summed E-state index contributed by atoms with van der Waals surface area (Å²) in [5.41, 5.74) is 2.12. The molecule has 0 saturated carbocycles. The average molecular weight is 583 g/mol.